The van der Waals surface area contributed by atoms with Crippen LogP contribution in [0.4, 0.5) is 4.79 Å². The highest BCUT2D eigenvalue weighted by atomic mass is 16.6. The zero-order chi connectivity index (χ0) is 35.5. The molecular formula is C40H63NO7. The average molecular weight is 670 g/mol. The molecule has 48 heavy (non-hydrogen) atoms. The summed E-state index contributed by atoms with van der Waals surface area (Å²) >= 11 is 0. The molecule has 0 unspecified atom stereocenters. The third-order valence-corrected chi connectivity index (χ3v) is 9.26. The van der Waals surface area contributed by atoms with Crippen LogP contribution in [0.25, 0.3) is 0 Å². The lowest BCUT2D eigenvalue weighted by Gasteiger charge is -2.37. The summed E-state index contributed by atoms with van der Waals surface area (Å²) in [5.74, 6) is 2.72. The van der Waals surface area contributed by atoms with Crippen molar-refractivity contribution < 1.29 is 33.2 Å². The first kappa shape index (κ1) is 39.6. The second-order valence-corrected chi connectivity index (χ2v) is 15.4. The molecule has 2 aromatic carbocycles. The van der Waals surface area contributed by atoms with E-state index < -0.39 is 11.3 Å². The summed E-state index contributed by atoms with van der Waals surface area (Å²) in [5.41, 5.74) is 0.884. The maximum Gasteiger partial charge on any atom is 0.412 e. The van der Waals surface area contributed by atoms with Gasteiger partial charge in [0.1, 0.15) is 11.3 Å². The number of ether oxygens (including phenoxy) is 6. The molecule has 3 rings (SSSR count). The molecule has 1 fully saturated rings. The van der Waals surface area contributed by atoms with Gasteiger partial charge in [-0.1, -0.05) is 64.1 Å². The van der Waals surface area contributed by atoms with Gasteiger partial charge in [-0.3, -0.25) is 4.90 Å². The molecule has 1 heterocycles. The number of rotatable bonds is 18. The van der Waals surface area contributed by atoms with E-state index >= 15 is 0 Å². The van der Waals surface area contributed by atoms with Crippen molar-refractivity contribution in [1.82, 2.24) is 4.90 Å². The molecule has 1 amide bonds. The molecule has 270 valence electrons. The summed E-state index contributed by atoms with van der Waals surface area (Å²) in [5, 5.41) is 0. The van der Waals surface area contributed by atoms with Crippen molar-refractivity contribution in [2.24, 2.45) is 23.7 Å². The predicted octanol–water partition coefficient (Wildman–Crippen LogP) is 8.94. The Balaban J connectivity index is 1.88. The Morgan fingerprint density at radius 2 is 1.58 bits per heavy atom. The second kappa shape index (κ2) is 18.3. The predicted molar refractivity (Wildman–Crippen MR) is 191 cm³/mol. The summed E-state index contributed by atoms with van der Waals surface area (Å²) in [6.45, 7) is 21.1. The molecule has 0 bridgehead atoms. The van der Waals surface area contributed by atoms with Crippen molar-refractivity contribution in [2.75, 3.05) is 34.0 Å². The van der Waals surface area contributed by atoms with Crippen LogP contribution in [0, 0.1) is 23.7 Å². The highest BCUT2D eigenvalue weighted by Crippen LogP contribution is 2.42. The Hall–Kier alpha value is -2.81. The van der Waals surface area contributed by atoms with E-state index in [9.17, 15) is 4.79 Å². The number of carbonyl (C=O) groups is 1. The number of benzene rings is 2. The van der Waals surface area contributed by atoms with E-state index in [1.165, 1.54) is 5.56 Å². The van der Waals surface area contributed by atoms with Crippen LogP contribution < -0.4 is 9.47 Å². The molecule has 0 radical (unpaired) electrons. The maximum absolute atomic E-state index is 13.9. The van der Waals surface area contributed by atoms with Crippen molar-refractivity contribution in [3.05, 3.63) is 59.7 Å². The van der Waals surface area contributed by atoms with E-state index in [0.717, 1.165) is 37.0 Å². The van der Waals surface area contributed by atoms with Crippen LogP contribution in [-0.4, -0.2) is 68.5 Å². The highest BCUT2D eigenvalue weighted by molar-refractivity contribution is 5.70. The van der Waals surface area contributed by atoms with Gasteiger partial charge in [0.05, 0.1) is 39.1 Å². The van der Waals surface area contributed by atoms with Gasteiger partial charge in [-0.25, -0.2) is 4.79 Å². The largest absolute Gasteiger partial charge is 0.493 e. The fourth-order valence-electron chi connectivity index (χ4n) is 6.48. The molecule has 0 aromatic heterocycles. The fraction of sp³-hybridized carbons (Fsp3) is 0.675. The molecule has 2 aromatic rings. The van der Waals surface area contributed by atoms with Gasteiger partial charge in [-0.15, -0.1) is 0 Å². The summed E-state index contributed by atoms with van der Waals surface area (Å²) in [4.78, 5) is 15.8. The Kier molecular flexibility index (Phi) is 15.1. The molecule has 1 saturated heterocycles. The summed E-state index contributed by atoms with van der Waals surface area (Å²) in [6, 6.07) is 16.3. The Bertz CT molecular complexity index is 1240. The van der Waals surface area contributed by atoms with Crippen LogP contribution in [0.15, 0.2) is 48.5 Å². The van der Waals surface area contributed by atoms with Gasteiger partial charge < -0.3 is 28.4 Å². The van der Waals surface area contributed by atoms with E-state index in [1.54, 1.807) is 14.2 Å². The summed E-state index contributed by atoms with van der Waals surface area (Å²) in [6.07, 6.45) is 2.68. The Morgan fingerprint density at radius 1 is 0.896 bits per heavy atom. The number of nitrogens with zero attached hydrogens (tertiary/aromatic N) is 1. The molecule has 8 nitrogen and oxygen atoms in total. The van der Waals surface area contributed by atoms with Crippen molar-refractivity contribution >= 4 is 6.09 Å². The minimum absolute atomic E-state index is 0.166. The first-order valence-electron chi connectivity index (χ1n) is 17.8. The topological polar surface area (TPSA) is 75.7 Å². The van der Waals surface area contributed by atoms with Gasteiger partial charge in [0, 0.05) is 20.1 Å². The third-order valence-electron chi connectivity index (χ3n) is 9.26. The number of carbonyl (C=O) groups excluding carboxylic acids is 1. The fourth-order valence-corrected chi connectivity index (χ4v) is 6.48. The number of amides is 1. The van der Waals surface area contributed by atoms with Crippen LogP contribution in [-0.2, 0) is 32.0 Å². The van der Waals surface area contributed by atoms with Gasteiger partial charge in [0.25, 0.3) is 0 Å². The lowest BCUT2D eigenvalue weighted by molar-refractivity contribution is -0.0853. The third kappa shape index (κ3) is 12.0. The van der Waals surface area contributed by atoms with Gasteiger partial charge in [-0.05, 0) is 101 Å². The standard InChI is InChI=1S/C40H63NO7/c1-28(2)32(22-31-18-19-35(44-11)37(23-31)46-21-15-20-43-10)24-34-36(47-40(8,9)41(34)38(42)48-39(5,6)7)25-33(29(3)4)27-45-26-30-16-13-12-14-17-30/h12-14,16-19,23,28-29,32-34,36H,15,20-22,24-27H2,1-11H3/t32-,33+,34-,36+/m0/s1. The van der Waals surface area contributed by atoms with Crippen LogP contribution in [0.1, 0.15) is 92.7 Å². The van der Waals surface area contributed by atoms with Crippen molar-refractivity contribution in [3.8, 4) is 11.5 Å². The average Bonchev–Trinajstić information content (AvgIpc) is 3.26. The lowest BCUT2D eigenvalue weighted by atomic mass is 9.80. The SMILES string of the molecule is COCCCOc1cc(C[C@@H](C[C@H]2[C@@H](C[C@H](COCc3ccccc3)C(C)C)OC(C)(C)N2C(=O)OC(C)(C)C)C(C)C)ccc1OC. The van der Waals surface area contributed by atoms with Crippen molar-refractivity contribution in [1.29, 1.82) is 0 Å². The molecule has 0 aliphatic carbocycles. The van der Waals surface area contributed by atoms with Gasteiger partial charge in [0.2, 0.25) is 0 Å². The molecule has 0 saturated carbocycles. The van der Waals surface area contributed by atoms with E-state index in [2.05, 4.69) is 52.0 Å². The molecule has 8 heteroatoms. The van der Waals surface area contributed by atoms with Crippen LogP contribution in [0.3, 0.4) is 0 Å². The Labute approximate surface area is 290 Å². The normalized spacial score (nSPS) is 19.1. The van der Waals surface area contributed by atoms with Crippen LogP contribution >= 0.6 is 0 Å². The van der Waals surface area contributed by atoms with Crippen molar-refractivity contribution in [3.63, 3.8) is 0 Å². The number of hydrogen-bond donors (Lipinski definition) is 0. The van der Waals surface area contributed by atoms with E-state index in [-0.39, 0.29) is 30.1 Å². The molecule has 0 spiro atoms. The monoisotopic (exact) mass is 669 g/mol. The van der Waals surface area contributed by atoms with Crippen LogP contribution in [0.2, 0.25) is 0 Å². The highest BCUT2D eigenvalue weighted by Gasteiger charge is 2.52. The van der Waals surface area contributed by atoms with Crippen molar-refractivity contribution in [2.45, 2.75) is 118 Å². The number of hydrogen-bond acceptors (Lipinski definition) is 7. The van der Waals surface area contributed by atoms with E-state index in [1.807, 2.05) is 63.8 Å². The van der Waals surface area contributed by atoms with E-state index in [4.69, 9.17) is 28.4 Å². The maximum atomic E-state index is 13.9. The zero-order valence-electron chi connectivity index (χ0n) is 31.5. The minimum Gasteiger partial charge on any atom is -0.493 e. The number of methoxy groups -OCH3 is 2. The quantitative estimate of drug-likeness (QED) is 0.147. The first-order valence-corrected chi connectivity index (χ1v) is 17.8. The molecule has 4 atom stereocenters. The Morgan fingerprint density at radius 3 is 2.19 bits per heavy atom. The van der Waals surface area contributed by atoms with Gasteiger partial charge in [-0.2, -0.15) is 0 Å². The summed E-state index contributed by atoms with van der Waals surface area (Å²) < 4.78 is 36.0. The molecule has 1 aliphatic rings. The molecule has 1 aliphatic heterocycles. The van der Waals surface area contributed by atoms with Gasteiger partial charge in [0.15, 0.2) is 11.5 Å². The van der Waals surface area contributed by atoms with Crippen LogP contribution in [0.5, 0.6) is 11.5 Å². The minimum atomic E-state index is -0.824. The second-order valence-electron chi connectivity index (χ2n) is 15.4. The molecule has 0 N–H and O–H groups in total. The lowest BCUT2D eigenvalue weighted by Crippen LogP contribution is -2.51. The first-order chi connectivity index (χ1) is 22.6. The molecular weight excluding hydrogens is 606 g/mol. The van der Waals surface area contributed by atoms with E-state index in [0.29, 0.717) is 44.0 Å². The van der Waals surface area contributed by atoms with Gasteiger partial charge >= 0.3 is 6.09 Å². The smallest absolute Gasteiger partial charge is 0.412 e. The zero-order valence-corrected chi connectivity index (χ0v) is 31.5. The summed E-state index contributed by atoms with van der Waals surface area (Å²) in [7, 11) is 3.36.